The van der Waals surface area contributed by atoms with Gasteiger partial charge in [-0.25, -0.2) is 0 Å². The first-order valence-corrected chi connectivity index (χ1v) is 5.36. The van der Waals surface area contributed by atoms with Crippen molar-refractivity contribution >= 4 is 23.3 Å². The lowest BCUT2D eigenvalue weighted by molar-refractivity contribution is -0.138. The van der Waals surface area contributed by atoms with Crippen molar-refractivity contribution in [3.05, 3.63) is 22.7 Å². The number of carbonyl (C=O) groups is 1. The van der Waals surface area contributed by atoms with E-state index in [-0.39, 0.29) is 0 Å². The highest BCUT2D eigenvalue weighted by Crippen LogP contribution is 2.42. The molecule has 0 saturated heterocycles. The number of hydrogen-bond donors (Lipinski definition) is 2. The second-order valence-electron chi connectivity index (χ2n) is 3.64. The number of carboxylic acids is 1. The van der Waals surface area contributed by atoms with Gasteiger partial charge in [0.15, 0.2) is 0 Å². The molecule has 5 heteroatoms. The predicted octanol–water partition coefficient (Wildman–Crippen LogP) is 2.33. The van der Waals surface area contributed by atoms with Crippen LogP contribution in [-0.4, -0.2) is 24.7 Å². The minimum Gasteiger partial charge on any atom is -0.495 e. The molecule has 4 nitrogen and oxygen atoms in total. The van der Waals surface area contributed by atoms with Gasteiger partial charge in [0.1, 0.15) is 5.75 Å². The summed E-state index contributed by atoms with van der Waals surface area (Å²) in [5.41, 5.74) is 1.33. The average Bonchev–Trinajstić information content (AvgIpc) is 2.29. The molecular formula is C11H12ClNO3. The number of ether oxygens (including phenoxy) is 1. The van der Waals surface area contributed by atoms with Gasteiger partial charge in [-0.2, -0.15) is 0 Å². The minimum absolute atomic E-state index is 0.468. The largest absolute Gasteiger partial charge is 0.495 e. The minimum atomic E-state index is -0.849. The third kappa shape index (κ3) is 1.69. The highest BCUT2D eigenvalue weighted by Gasteiger charge is 2.30. The summed E-state index contributed by atoms with van der Waals surface area (Å²) in [6.07, 6.45) is 0.537. The van der Waals surface area contributed by atoms with Gasteiger partial charge in [0.2, 0.25) is 0 Å². The summed E-state index contributed by atoms with van der Waals surface area (Å²) in [5, 5.41) is 12.7. The molecule has 0 spiro atoms. The Morgan fingerprint density at radius 3 is 3.00 bits per heavy atom. The van der Waals surface area contributed by atoms with Crippen LogP contribution in [0.1, 0.15) is 17.9 Å². The standard InChI is InChI=1S/C11H12ClNO3/c1-16-8-3-2-7(12)9-6(11(14)15)4-5-13-10(8)9/h2-3,6,13H,4-5H2,1H3,(H,14,15). The van der Waals surface area contributed by atoms with E-state index in [1.54, 1.807) is 19.2 Å². The average molecular weight is 242 g/mol. The number of aliphatic carboxylic acids is 1. The van der Waals surface area contributed by atoms with Crippen LogP contribution in [-0.2, 0) is 4.79 Å². The molecule has 86 valence electrons. The van der Waals surface area contributed by atoms with Crippen LogP contribution in [0.2, 0.25) is 5.02 Å². The Bertz CT molecular complexity index is 433. The van der Waals surface area contributed by atoms with E-state index in [1.165, 1.54) is 0 Å². The first-order valence-electron chi connectivity index (χ1n) is 4.98. The number of anilines is 1. The van der Waals surface area contributed by atoms with Crippen LogP contribution in [0.15, 0.2) is 12.1 Å². The quantitative estimate of drug-likeness (QED) is 0.834. The van der Waals surface area contributed by atoms with Crippen LogP contribution in [0.5, 0.6) is 5.75 Å². The Kier molecular flexibility index (Phi) is 2.92. The number of carboxylic acid groups (broad SMARTS) is 1. The van der Waals surface area contributed by atoms with E-state index >= 15 is 0 Å². The van der Waals surface area contributed by atoms with Crippen LogP contribution in [0.3, 0.4) is 0 Å². The highest BCUT2D eigenvalue weighted by molar-refractivity contribution is 6.32. The maximum Gasteiger partial charge on any atom is 0.311 e. The summed E-state index contributed by atoms with van der Waals surface area (Å²) in [4.78, 5) is 11.1. The van der Waals surface area contributed by atoms with Gasteiger partial charge in [0.05, 0.1) is 18.7 Å². The lowest BCUT2D eigenvalue weighted by Crippen LogP contribution is -2.23. The Morgan fingerprint density at radius 2 is 2.38 bits per heavy atom. The zero-order chi connectivity index (χ0) is 11.7. The third-order valence-electron chi connectivity index (χ3n) is 2.76. The van der Waals surface area contributed by atoms with Gasteiger partial charge < -0.3 is 15.2 Å². The van der Waals surface area contributed by atoms with Crippen molar-refractivity contribution in [1.82, 2.24) is 0 Å². The molecule has 1 atom stereocenters. The van der Waals surface area contributed by atoms with Crippen LogP contribution in [0.4, 0.5) is 5.69 Å². The molecule has 0 aromatic heterocycles. The SMILES string of the molecule is COc1ccc(Cl)c2c1NCCC2C(=O)O. The van der Waals surface area contributed by atoms with Crippen LogP contribution < -0.4 is 10.1 Å². The molecule has 0 amide bonds. The second kappa shape index (κ2) is 4.22. The number of nitrogens with one attached hydrogen (secondary N) is 1. The lowest BCUT2D eigenvalue weighted by atomic mass is 9.90. The van der Waals surface area contributed by atoms with Gasteiger partial charge in [-0.15, -0.1) is 0 Å². The molecule has 0 aliphatic carbocycles. The van der Waals surface area contributed by atoms with E-state index in [0.29, 0.717) is 35.0 Å². The first-order chi connectivity index (χ1) is 7.65. The summed E-state index contributed by atoms with van der Waals surface area (Å²) in [6.45, 7) is 0.612. The van der Waals surface area contributed by atoms with Gasteiger partial charge in [-0.05, 0) is 18.6 Å². The van der Waals surface area contributed by atoms with E-state index in [4.69, 9.17) is 21.4 Å². The van der Waals surface area contributed by atoms with Gasteiger partial charge in [0, 0.05) is 17.1 Å². The van der Waals surface area contributed by atoms with Gasteiger partial charge in [-0.3, -0.25) is 4.79 Å². The molecule has 1 aliphatic rings. The predicted molar refractivity (Wildman–Crippen MR) is 61.5 cm³/mol. The van der Waals surface area contributed by atoms with Crippen LogP contribution >= 0.6 is 11.6 Å². The summed E-state index contributed by atoms with van der Waals surface area (Å²) >= 11 is 6.05. The zero-order valence-electron chi connectivity index (χ0n) is 8.79. The van der Waals surface area contributed by atoms with E-state index in [2.05, 4.69) is 5.32 Å². The topological polar surface area (TPSA) is 58.6 Å². The fourth-order valence-electron chi connectivity index (χ4n) is 2.00. The number of benzene rings is 1. The molecule has 1 aliphatic heterocycles. The van der Waals surface area contributed by atoms with Crippen molar-refractivity contribution in [2.75, 3.05) is 19.0 Å². The third-order valence-corrected chi connectivity index (χ3v) is 3.08. The molecule has 0 radical (unpaired) electrons. The Hall–Kier alpha value is -1.42. The first kappa shape index (κ1) is 11.1. The number of fused-ring (bicyclic) bond motifs is 1. The fourth-order valence-corrected chi connectivity index (χ4v) is 2.29. The van der Waals surface area contributed by atoms with E-state index in [9.17, 15) is 4.79 Å². The molecule has 1 aromatic carbocycles. The zero-order valence-corrected chi connectivity index (χ0v) is 9.54. The van der Waals surface area contributed by atoms with Crippen molar-refractivity contribution in [2.24, 2.45) is 0 Å². The van der Waals surface area contributed by atoms with E-state index in [0.717, 1.165) is 0 Å². The number of rotatable bonds is 2. The van der Waals surface area contributed by atoms with Gasteiger partial charge in [0.25, 0.3) is 0 Å². The van der Waals surface area contributed by atoms with Crippen molar-refractivity contribution in [3.8, 4) is 5.75 Å². The molecular weight excluding hydrogens is 230 g/mol. The molecule has 1 aromatic rings. The lowest BCUT2D eigenvalue weighted by Gasteiger charge is -2.26. The monoisotopic (exact) mass is 241 g/mol. The summed E-state index contributed by atoms with van der Waals surface area (Å²) < 4.78 is 5.18. The van der Waals surface area contributed by atoms with E-state index in [1.807, 2.05) is 0 Å². The van der Waals surface area contributed by atoms with Crippen molar-refractivity contribution in [1.29, 1.82) is 0 Å². The number of halogens is 1. The summed E-state index contributed by atoms with van der Waals surface area (Å²) in [6, 6.07) is 3.40. The second-order valence-corrected chi connectivity index (χ2v) is 4.05. The molecule has 1 heterocycles. The Balaban J connectivity index is 2.58. The Labute approximate surface area is 98.2 Å². The van der Waals surface area contributed by atoms with Crippen LogP contribution in [0.25, 0.3) is 0 Å². The van der Waals surface area contributed by atoms with Crippen LogP contribution in [0, 0.1) is 0 Å². The molecule has 2 N–H and O–H groups in total. The van der Waals surface area contributed by atoms with Gasteiger partial charge >= 0.3 is 5.97 Å². The van der Waals surface area contributed by atoms with Crippen molar-refractivity contribution in [3.63, 3.8) is 0 Å². The maximum absolute atomic E-state index is 11.1. The molecule has 0 bridgehead atoms. The summed E-state index contributed by atoms with van der Waals surface area (Å²) in [5.74, 6) is -0.776. The molecule has 0 saturated carbocycles. The Morgan fingerprint density at radius 1 is 1.62 bits per heavy atom. The number of methoxy groups -OCH3 is 1. The fraction of sp³-hybridized carbons (Fsp3) is 0.364. The normalized spacial score (nSPS) is 18.5. The smallest absolute Gasteiger partial charge is 0.311 e. The van der Waals surface area contributed by atoms with Crippen molar-refractivity contribution < 1.29 is 14.6 Å². The van der Waals surface area contributed by atoms with Gasteiger partial charge in [-0.1, -0.05) is 11.6 Å². The highest BCUT2D eigenvalue weighted by atomic mass is 35.5. The summed E-state index contributed by atoms with van der Waals surface area (Å²) in [7, 11) is 1.55. The molecule has 0 fully saturated rings. The van der Waals surface area contributed by atoms with Crippen molar-refractivity contribution in [2.45, 2.75) is 12.3 Å². The maximum atomic E-state index is 11.1. The van der Waals surface area contributed by atoms with E-state index < -0.39 is 11.9 Å². The molecule has 16 heavy (non-hydrogen) atoms. The number of hydrogen-bond acceptors (Lipinski definition) is 3. The molecule has 1 unspecified atom stereocenters. The molecule has 2 rings (SSSR count).